The van der Waals surface area contributed by atoms with Crippen molar-refractivity contribution >= 4 is 11.5 Å². The zero-order chi connectivity index (χ0) is 13.0. The van der Waals surface area contributed by atoms with Gasteiger partial charge in [0.2, 0.25) is 0 Å². The van der Waals surface area contributed by atoms with Gasteiger partial charge >= 0.3 is 0 Å². The molecule has 2 heterocycles. The highest BCUT2D eigenvalue weighted by atomic mass is 16.5. The van der Waals surface area contributed by atoms with E-state index in [1.54, 1.807) is 6.20 Å². The van der Waals surface area contributed by atoms with Crippen LogP contribution in [0.5, 0.6) is 0 Å². The first kappa shape index (κ1) is 13.1. The molecular weight excluding hydrogens is 226 g/mol. The van der Waals surface area contributed by atoms with E-state index < -0.39 is 0 Å². The monoisotopic (exact) mass is 249 g/mol. The predicted molar refractivity (Wildman–Crippen MR) is 74.6 cm³/mol. The van der Waals surface area contributed by atoms with Crippen molar-refractivity contribution in [2.45, 2.75) is 51.2 Å². The van der Waals surface area contributed by atoms with Gasteiger partial charge in [0.1, 0.15) is 5.82 Å². The SMILES string of the molecule is CCC1(CC)CC(Nc2cccnc2N)CCO1. The van der Waals surface area contributed by atoms with Gasteiger partial charge in [-0.25, -0.2) is 4.98 Å². The second kappa shape index (κ2) is 5.57. The number of hydrogen-bond donors (Lipinski definition) is 2. The van der Waals surface area contributed by atoms with Crippen molar-refractivity contribution in [1.29, 1.82) is 0 Å². The molecule has 4 nitrogen and oxygen atoms in total. The molecule has 0 amide bonds. The Morgan fingerprint density at radius 3 is 2.94 bits per heavy atom. The first-order valence-electron chi connectivity index (χ1n) is 6.80. The Labute approximate surface area is 109 Å². The van der Waals surface area contributed by atoms with E-state index in [0.717, 1.165) is 38.0 Å². The molecule has 1 fully saturated rings. The van der Waals surface area contributed by atoms with Crippen molar-refractivity contribution in [3.63, 3.8) is 0 Å². The van der Waals surface area contributed by atoms with Crippen LogP contribution >= 0.6 is 0 Å². The molecule has 2 rings (SSSR count). The first-order valence-corrected chi connectivity index (χ1v) is 6.80. The van der Waals surface area contributed by atoms with Crippen LogP contribution in [0.3, 0.4) is 0 Å². The summed E-state index contributed by atoms with van der Waals surface area (Å²) in [6.45, 7) is 5.22. The Morgan fingerprint density at radius 1 is 1.50 bits per heavy atom. The van der Waals surface area contributed by atoms with Crippen LogP contribution in [0.15, 0.2) is 18.3 Å². The van der Waals surface area contributed by atoms with Crippen molar-refractivity contribution in [3.05, 3.63) is 18.3 Å². The molecule has 1 saturated heterocycles. The maximum atomic E-state index is 5.98. The average Bonchev–Trinajstić information content (AvgIpc) is 2.41. The van der Waals surface area contributed by atoms with E-state index in [1.807, 2.05) is 12.1 Å². The van der Waals surface area contributed by atoms with Crippen LogP contribution in [0.4, 0.5) is 11.5 Å². The highest BCUT2D eigenvalue weighted by Gasteiger charge is 2.34. The average molecular weight is 249 g/mol. The smallest absolute Gasteiger partial charge is 0.146 e. The quantitative estimate of drug-likeness (QED) is 0.861. The van der Waals surface area contributed by atoms with E-state index in [2.05, 4.69) is 24.1 Å². The third-order valence-electron chi connectivity index (χ3n) is 3.98. The Bertz CT molecular complexity index is 390. The Balaban J connectivity index is 2.04. The van der Waals surface area contributed by atoms with Crippen molar-refractivity contribution in [2.75, 3.05) is 17.7 Å². The van der Waals surface area contributed by atoms with Gasteiger partial charge in [-0.05, 0) is 37.8 Å². The summed E-state index contributed by atoms with van der Waals surface area (Å²) in [6, 6.07) is 4.31. The minimum Gasteiger partial charge on any atom is -0.382 e. The van der Waals surface area contributed by atoms with Crippen LogP contribution in [-0.4, -0.2) is 23.2 Å². The molecule has 0 aromatic carbocycles. The van der Waals surface area contributed by atoms with E-state index >= 15 is 0 Å². The molecule has 0 spiro atoms. The van der Waals surface area contributed by atoms with Gasteiger partial charge in [-0.2, -0.15) is 0 Å². The van der Waals surface area contributed by atoms with Crippen LogP contribution in [0.2, 0.25) is 0 Å². The molecule has 100 valence electrons. The van der Waals surface area contributed by atoms with Crippen molar-refractivity contribution in [1.82, 2.24) is 4.98 Å². The number of nitrogens with one attached hydrogen (secondary N) is 1. The molecule has 0 bridgehead atoms. The van der Waals surface area contributed by atoms with Gasteiger partial charge in [-0.3, -0.25) is 0 Å². The van der Waals surface area contributed by atoms with Crippen LogP contribution in [0.1, 0.15) is 39.5 Å². The summed E-state index contributed by atoms with van der Waals surface area (Å²) in [7, 11) is 0. The van der Waals surface area contributed by atoms with Gasteiger partial charge in [0.25, 0.3) is 0 Å². The molecule has 1 aromatic rings. The van der Waals surface area contributed by atoms with Gasteiger partial charge in [0, 0.05) is 18.8 Å². The number of ether oxygens (including phenoxy) is 1. The number of nitrogen functional groups attached to an aromatic ring is 1. The van der Waals surface area contributed by atoms with Crippen molar-refractivity contribution < 1.29 is 4.74 Å². The number of nitrogens with zero attached hydrogens (tertiary/aromatic N) is 1. The van der Waals surface area contributed by atoms with Crippen LogP contribution in [0, 0.1) is 0 Å². The van der Waals surface area contributed by atoms with E-state index in [1.165, 1.54) is 0 Å². The highest BCUT2D eigenvalue weighted by molar-refractivity contribution is 5.61. The van der Waals surface area contributed by atoms with Crippen LogP contribution < -0.4 is 11.1 Å². The summed E-state index contributed by atoms with van der Waals surface area (Å²) in [4.78, 5) is 4.11. The van der Waals surface area contributed by atoms with E-state index in [-0.39, 0.29) is 5.60 Å². The number of pyridine rings is 1. The van der Waals surface area contributed by atoms with Gasteiger partial charge in [0.15, 0.2) is 0 Å². The highest BCUT2D eigenvalue weighted by Crippen LogP contribution is 2.33. The van der Waals surface area contributed by atoms with Crippen molar-refractivity contribution in [3.8, 4) is 0 Å². The van der Waals surface area contributed by atoms with E-state index in [9.17, 15) is 0 Å². The summed E-state index contributed by atoms with van der Waals surface area (Å²) in [5.41, 5.74) is 6.84. The number of hydrogen-bond acceptors (Lipinski definition) is 4. The van der Waals surface area contributed by atoms with Gasteiger partial charge in [-0.1, -0.05) is 13.8 Å². The maximum Gasteiger partial charge on any atom is 0.146 e. The summed E-state index contributed by atoms with van der Waals surface area (Å²) >= 11 is 0. The second-order valence-electron chi connectivity index (χ2n) is 5.01. The summed E-state index contributed by atoms with van der Waals surface area (Å²) < 4.78 is 5.98. The fourth-order valence-corrected chi connectivity index (χ4v) is 2.65. The Morgan fingerprint density at radius 2 is 2.28 bits per heavy atom. The molecule has 1 aliphatic rings. The van der Waals surface area contributed by atoms with Crippen LogP contribution in [-0.2, 0) is 4.74 Å². The van der Waals surface area contributed by atoms with E-state index in [0.29, 0.717) is 11.9 Å². The molecule has 0 aliphatic carbocycles. The lowest BCUT2D eigenvalue weighted by Gasteiger charge is -2.40. The maximum absolute atomic E-state index is 5.98. The number of nitrogens with two attached hydrogens (primary N) is 1. The Hall–Kier alpha value is -1.29. The standard InChI is InChI=1S/C14H23N3O/c1-3-14(4-2)10-11(7-9-18-14)17-12-6-5-8-16-13(12)15/h5-6,8,11,17H,3-4,7,9-10H2,1-2H3,(H2,15,16). The normalized spacial score (nSPS) is 22.7. The second-order valence-corrected chi connectivity index (χ2v) is 5.01. The molecule has 1 unspecified atom stereocenters. The minimum absolute atomic E-state index is 0.0346. The van der Waals surface area contributed by atoms with Gasteiger partial charge in [-0.15, -0.1) is 0 Å². The lowest BCUT2D eigenvalue weighted by atomic mass is 9.86. The van der Waals surface area contributed by atoms with E-state index in [4.69, 9.17) is 10.5 Å². The third-order valence-corrected chi connectivity index (χ3v) is 3.98. The molecule has 18 heavy (non-hydrogen) atoms. The molecule has 0 saturated carbocycles. The molecule has 1 aromatic heterocycles. The molecule has 0 radical (unpaired) electrons. The zero-order valence-electron chi connectivity index (χ0n) is 11.3. The Kier molecular flexibility index (Phi) is 4.07. The predicted octanol–water partition coefficient (Wildman–Crippen LogP) is 2.81. The summed E-state index contributed by atoms with van der Waals surface area (Å²) in [5.74, 6) is 0.572. The largest absolute Gasteiger partial charge is 0.382 e. The molecule has 1 atom stereocenters. The first-order chi connectivity index (χ1) is 8.69. The molecule has 4 heteroatoms. The number of rotatable bonds is 4. The number of anilines is 2. The number of aromatic nitrogens is 1. The lowest BCUT2D eigenvalue weighted by Crippen LogP contribution is -2.43. The molecule has 3 N–H and O–H groups in total. The third kappa shape index (κ3) is 2.75. The van der Waals surface area contributed by atoms with Gasteiger partial charge < -0.3 is 15.8 Å². The lowest BCUT2D eigenvalue weighted by molar-refractivity contribution is -0.0864. The van der Waals surface area contributed by atoms with Crippen LogP contribution in [0.25, 0.3) is 0 Å². The fraction of sp³-hybridized carbons (Fsp3) is 0.643. The summed E-state index contributed by atoms with van der Waals surface area (Å²) in [6.07, 6.45) is 5.89. The topological polar surface area (TPSA) is 60.2 Å². The summed E-state index contributed by atoms with van der Waals surface area (Å²) in [5, 5.41) is 3.51. The van der Waals surface area contributed by atoms with Crippen molar-refractivity contribution in [2.24, 2.45) is 0 Å². The molecule has 1 aliphatic heterocycles. The zero-order valence-corrected chi connectivity index (χ0v) is 11.3. The minimum atomic E-state index is 0.0346. The van der Waals surface area contributed by atoms with Gasteiger partial charge in [0.05, 0.1) is 11.3 Å². The fourth-order valence-electron chi connectivity index (χ4n) is 2.65. The molecular formula is C14H23N3O.